The van der Waals surface area contributed by atoms with Gasteiger partial charge in [0.2, 0.25) is 0 Å². The van der Waals surface area contributed by atoms with Crippen LogP contribution in [0.5, 0.6) is 5.75 Å². The molecule has 0 heterocycles. The topological polar surface area (TPSA) is 64.3 Å². The van der Waals surface area contributed by atoms with Crippen molar-refractivity contribution in [3.63, 3.8) is 0 Å². The Hall–Kier alpha value is -1.53. The van der Waals surface area contributed by atoms with E-state index in [2.05, 4.69) is 37.2 Å². The Morgan fingerprint density at radius 1 is 1.18 bits per heavy atom. The molecule has 0 aromatic heterocycles. The van der Waals surface area contributed by atoms with Gasteiger partial charge >= 0.3 is 0 Å². The lowest BCUT2D eigenvalue weighted by atomic mass is 10.1. The number of halogens is 2. The molecule has 0 aliphatic rings. The molecule has 3 N–H and O–H groups in total. The number of rotatable bonds is 6. The van der Waals surface area contributed by atoms with Gasteiger partial charge in [0.05, 0.1) is 0 Å². The molecular formula is C16H16Br2N2O2. The quantitative estimate of drug-likeness (QED) is 0.732. The van der Waals surface area contributed by atoms with Crippen LogP contribution in [0.25, 0.3) is 0 Å². The van der Waals surface area contributed by atoms with Crippen LogP contribution in [0.15, 0.2) is 45.3 Å². The summed E-state index contributed by atoms with van der Waals surface area (Å²) in [5, 5.41) is 3.37. The van der Waals surface area contributed by atoms with Crippen molar-refractivity contribution >= 4 is 43.5 Å². The van der Waals surface area contributed by atoms with Gasteiger partial charge in [0.1, 0.15) is 5.75 Å². The van der Waals surface area contributed by atoms with E-state index in [0.717, 1.165) is 25.8 Å². The number of carbonyl (C=O) groups is 1. The SMILES string of the molecule is Cc1cc(Br)ccc1NCc1cc(Br)ccc1OCC(N)=O. The van der Waals surface area contributed by atoms with Crippen molar-refractivity contribution in [1.82, 2.24) is 0 Å². The van der Waals surface area contributed by atoms with Crippen LogP contribution in [0.2, 0.25) is 0 Å². The molecule has 0 aliphatic heterocycles. The number of hydrogen-bond acceptors (Lipinski definition) is 3. The van der Waals surface area contributed by atoms with Crippen LogP contribution in [-0.2, 0) is 11.3 Å². The summed E-state index contributed by atoms with van der Waals surface area (Å²) in [7, 11) is 0. The van der Waals surface area contributed by atoms with Crippen molar-refractivity contribution in [1.29, 1.82) is 0 Å². The van der Waals surface area contributed by atoms with E-state index in [1.54, 1.807) is 0 Å². The van der Waals surface area contributed by atoms with Crippen LogP contribution >= 0.6 is 31.9 Å². The molecule has 0 fully saturated rings. The lowest BCUT2D eigenvalue weighted by molar-refractivity contribution is -0.119. The van der Waals surface area contributed by atoms with E-state index in [0.29, 0.717) is 12.3 Å². The molecule has 2 rings (SSSR count). The Morgan fingerprint density at radius 3 is 2.55 bits per heavy atom. The molecule has 0 aliphatic carbocycles. The van der Waals surface area contributed by atoms with E-state index in [1.165, 1.54) is 0 Å². The first-order valence-corrected chi connectivity index (χ1v) is 8.24. The summed E-state index contributed by atoms with van der Waals surface area (Å²) >= 11 is 6.90. The normalized spacial score (nSPS) is 10.3. The van der Waals surface area contributed by atoms with E-state index < -0.39 is 5.91 Å². The van der Waals surface area contributed by atoms with Gasteiger partial charge in [-0.3, -0.25) is 4.79 Å². The Labute approximate surface area is 146 Å². The monoisotopic (exact) mass is 426 g/mol. The molecule has 0 saturated carbocycles. The summed E-state index contributed by atoms with van der Waals surface area (Å²) in [6.45, 7) is 2.49. The van der Waals surface area contributed by atoms with Crippen LogP contribution in [0.1, 0.15) is 11.1 Å². The molecule has 0 spiro atoms. The molecule has 1 amide bonds. The average molecular weight is 428 g/mol. The second-order valence-electron chi connectivity index (χ2n) is 4.82. The largest absolute Gasteiger partial charge is 0.483 e. The molecule has 116 valence electrons. The number of hydrogen-bond donors (Lipinski definition) is 2. The highest BCUT2D eigenvalue weighted by molar-refractivity contribution is 9.10. The van der Waals surface area contributed by atoms with Crippen molar-refractivity contribution in [2.75, 3.05) is 11.9 Å². The van der Waals surface area contributed by atoms with E-state index in [-0.39, 0.29) is 6.61 Å². The Bertz CT molecular complexity index is 690. The Balaban J connectivity index is 2.13. The lowest BCUT2D eigenvalue weighted by Crippen LogP contribution is -2.20. The predicted molar refractivity (Wildman–Crippen MR) is 95.0 cm³/mol. The number of anilines is 1. The smallest absolute Gasteiger partial charge is 0.255 e. The minimum atomic E-state index is -0.495. The minimum Gasteiger partial charge on any atom is -0.483 e. The molecule has 0 saturated heterocycles. The molecular weight excluding hydrogens is 412 g/mol. The van der Waals surface area contributed by atoms with Crippen molar-refractivity contribution in [3.05, 3.63) is 56.5 Å². The van der Waals surface area contributed by atoms with Crippen LogP contribution in [0.3, 0.4) is 0 Å². The third-order valence-electron chi connectivity index (χ3n) is 3.05. The van der Waals surface area contributed by atoms with Crippen LogP contribution in [-0.4, -0.2) is 12.5 Å². The fourth-order valence-corrected chi connectivity index (χ4v) is 2.88. The number of aryl methyl sites for hydroxylation is 1. The Morgan fingerprint density at radius 2 is 1.86 bits per heavy atom. The zero-order valence-electron chi connectivity index (χ0n) is 12.0. The summed E-state index contributed by atoms with van der Waals surface area (Å²) in [5.41, 5.74) is 8.26. The first-order chi connectivity index (χ1) is 10.5. The van der Waals surface area contributed by atoms with Crippen LogP contribution in [0, 0.1) is 6.92 Å². The third-order valence-corrected chi connectivity index (χ3v) is 4.04. The molecule has 22 heavy (non-hydrogen) atoms. The second kappa shape index (κ2) is 7.65. The zero-order chi connectivity index (χ0) is 16.1. The van der Waals surface area contributed by atoms with Gasteiger partial charge in [-0.2, -0.15) is 0 Å². The molecule has 0 radical (unpaired) electrons. The second-order valence-corrected chi connectivity index (χ2v) is 6.65. The summed E-state index contributed by atoms with van der Waals surface area (Å²) in [5.74, 6) is 0.148. The number of ether oxygens (including phenoxy) is 1. The molecule has 2 aromatic carbocycles. The molecule has 2 aromatic rings. The zero-order valence-corrected chi connectivity index (χ0v) is 15.2. The van der Waals surface area contributed by atoms with Crippen molar-refractivity contribution < 1.29 is 9.53 Å². The summed E-state index contributed by atoms with van der Waals surface area (Å²) < 4.78 is 7.44. The molecule has 6 heteroatoms. The maximum atomic E-state index is 10.9. The molecule has 4 nitrogen and oxygen atoms in total. The van der Waals surface area contributed by atoms with Gasteiger partial charge in [-0.15, -0.1) is 0 Å². The van der Waals surface area contributed by atoms with Gasteiger partial charge in [0.15, 0.2) is 6.61 Å². The average Bonchev–Trinajstić information content (AvgIpc) is 2.45. The van der Waals surface area contributed by atoms with E-state index >= 15 is 0 Å². The van der Waals surface area contributed by atoms with E-state index in [4.69, 9.17) is 10.5 Å². The maximum absolute atomic E-state index is 10.9. The number of amides is 1. The lowest BCUT2D eigenvalue weighted by Gasteiger charge is -2.14. The third kappa shape index (κ3) is 4.74. The van der Waals surface area contributed by atoms with Gasteiger partial charge in [-0.25, -0.2) is 0 Å². The van der Waals surface area contributed by atoms with Crippen LogP contribution < -0.4 is 15.8 Å². The number of carbonyl (C=O) groups excluding carboxylic acids is 1. The van der Waals surface area contributed by atoms with Gasteiger partial charge in [-0.05, 0) is 48.9 Å². The molecule has 0 unspecified atom stereocenters. The number of primary amides is 1. The van der Waals surface area contributed by atoms with E-state index in [1.807, 2.05) is 43.3 Å². The van der Waals surface area contributed by atoms with Crippen LogP contribution in [0.4, 0.5) is 5.69 Å². The van der Waals surface area contributed by atoms with Gasteiger partial charge < -0.3 is 15.8 Å². The predicted octanol–water partition coefficient (Wildman–Crippen LogP) is 4.00. The van der Waals surface area contributed by atoms with Crippen molar-refractivity contribution in [2.24, 2.45) is 5.73 Å². The van der Waals surface area contributed by atoms with Crippen molar-refractivity contribution in [3.8, 4) is 5.75 Å². The minimum absolute atomic E-state index is 0.133. The van der Waals surface area contributed by atoms with E-state index in [9.17, 15) is 4.79 Å². The van der Waals surface area contributed by atoms with Gasteiger partial charge in [0, 0.05) is 26.7 Å². The first-order valence-electron chi connectivity index (χ1n) is 6.65. The van der Waals surface area contributed by atoms with Gasteiger partial charge in [-0.1, -0.05) is 31.9 Å². The highest BCUT2D eigenvalue weighted by Gasteiger charge is 2.07. The standard InChI is InChI=1S/C16H16Br2N2O2/c1-10-6-12(17)2-4-14(10)20-8-11-7-13(18)3-5-15(11)22-9-16(19)21/h2-7,20H,8-9H2,1H3,(H2,19,21). The van der Waals surface area contributed by atoms with Gasteiger partial charge in [0.25, 0.3) is 5.91 Å². The maximum Gasteiger partial charge on any atom is 0.255 e. The highest BCUT2D eigenvalue weighted by atomic mass is 79.9. The number of nitrogens with one attached hydrogen (secondary N) is 1. The summed E-state index contributed by atoms with van der Waals surface area (Å²) in [6.07, 6.45) is 0. The fraction of sp³-hybridized carbons (Fsp3) is 0.188. The van der Waals surface area contributed by atoms with Crippen molar-refractivity contribution in [2.45, 2.75) is 13.5 Å². The number of benzene rings is 2. The molecule has 0 bridgehead atoms. The Kier molecular flexibility index (Phi) is 5.85. The molecule has 0 atom stereocenters. The summed E-state index contributed by atoms with van der Waals surface area (Å²) in [6, 6.07) is 11.7. The fourth-order valence-electron chi connectivity index (χ4n) is 1.99. The summed E-state index contributed by atoms with van der Waals surface area (Å²) in [4.78, 5) is 10.9. The first kappa shape index (κ1) is 16.8. The number of nitrogens with two attached hydrogens (primary N) is 1. The highest BCUT2D eigenvalue weighted by Crippen LogP contribution is 2.26.